The highest BCUT2D eigenvalue weighted by atomic mass is 16.6. The lowest BCUT2D eigenvalue weighted by Crippen LogP contribution is -2.61. The molecular weight excluding hydrogens is 588 g/mol. The molecule has 1 aliphatic heterocycles. The molecule has 1 spiro atoms. The van der Waals surface area contributed by atoms with Crippen LogP contribution in [0.5, 0.6) is 17.2 Å². The first-order chi connectivity index (χ1) is 21.3. The Kier molecular flexibility index (Phi) is 5.86. The number of hydrogen-bond acceptors (Lipinski definition) is 12. The predicted octanol–water partition coefficient (Wildman–Crippen LogP) is 3.14. The van der Waals surface area contributed by atoms with E-state index >= 15 is 0 Å². The Morgan fingerprint density at radius 1 is 1.02 bits per heavy atom. The molecule has 0 saturated heterocycles. The van der Waals surface area contributed by atoms with Crippen molar-refractivity contribution in [2.24, 2.45) is 5.41 Å². The first-order valence-electron chi connectivity index (χ1n) is 14.3. The third kappa shape index (κ3) is 3.40. The van der Waals surface area contributed by atoms with E-state index < -0.39 is 75.5 Å². The maximum Gasteiger partial charge on any atom is 0.358 e. The second-order valence-electron chi connectivity index (χ2n) is 12.1. The Bertz CT molecular complexity index is 1900. The molecule has 0 radical (unpaired) electrons. The molecule has 5 aliphatic carbocycles. The van der Waals surface area contributed by atoms with E-state index in [0.717, 1.165) is 7.11 Å². The molecule has 45 heavy (non-hydrogen) atoms. The van der Waals surface area contributed by atoms with Crippen molar-refractivity contribution in [1.82, 2.24) is 0 Å². The van der Waals surface area contributed by atoms with E-state index in [1.165, 1.54) is 25.1 Å². The Balaban J connectivity index is 1.57. The number of ketones is 2. The molecule has 8 rings (SSSR count). The van der Waals surface area contributed by atoms with Crippen LogP contribution in [0, 0.1) is 5.41 Å². The molecule has 0 amide bonds. The van der Waals surface area contributed by atoms with Crippen LogP contribution in [0.1, 0.15) is 66.5 Å². The van der Waals surface area contributed by atoms with Gasteiger partial charge in [-0.05, 0) is 37.5 Å². The third-order valence-corrected chi connectivity index (χ3v) is 9.64. The lowest BCUT2D eigenvalue weighted by atomic mass is 9.60. The van der Waals surface area contributed by atoms with Gasteiger partial charge in [0.2, 0.25) is 0 Å². The van der Waals surface area contributed by atoms with Crippen molar-refractivity contribution in [2.75, 3.05) is 7.11 Å². The first kappa shape index (κ1) is 28.7. The van der Waals surface area contributed by atoms with Crippen LogP contribution < -0.4 is 4.74 Å². The number of phenolic OH excluding ortho intramolecular Hbond substituents is 2. The van der Waals surface area contributed by atoms with Crippen LogP contribution in [0.15, 0.2) is 47.1 Å². The lowest BCUT2D eigenvalue weighted by molar-refractivity contribution is -0.169. The van der Waals surface area contributed by atoms with Crippen LogP contribution in [0.2, 0.25) is 0 Å². The van der Waals surface area contributed by atoms with Gasteiger partial charge in [0, 0.05) is 24.5 Å². The summed E-state index contributed by atoms with van der Waals surface area (Å²) in [5, 5.41) is 56.4. The predicted molar refractivity (Wildman–Crippen MR) is 153 cm³/mol. The topological polar surface area (TPSA) is 197 Å². The number of aromatic hydroxyl groups is 2. The SMILES string of the molecule is COC(=O)C12Oc3c(c(O)cc4c3C3C(=O)C5=C(O)c6c(O)cccc6C(OC(C)=O)C5(C=C3C)C4)C(O)=C1C(=O)CCC2O. The maximum absolute atomic E-state index is 14.6. The van der Waals surface area contributed by atoms with Gasteiger partial charge in [-0.2, -0.15) is 0 Å². The molecular formula is C33H28O12. The zero-order valence-electron chi connectivity index (χ0n) is 24.3. The molecule has 1 saturated carbocycles. The normalized spacial score (nSPS) is 29.3. The summed E-state index contributed by atoms with van der Waals surface area (Å²) in [6, 6.07) is 5.70. The standard InChI is InChI=1S/C33H28O12/c1-12-10-32-11-14-9-18(37)23-28(41)24-17(36)7-8-19(38)33(24,31(42)43-3)45-29(23)21(14)20(12)26(39)25(32)27(40)22-15(5-4-6-16(22)35)30(32)44-13(2)34/h4-6,9-10,19-20,30,35,37-38,40-41H,7-8,11H2,1-3H3. The average molecular weight is 617 g/mol. The van der Waals surface area contributed by atoms with Gasteiger partial charge in [0.25, 0.3) is 5.60 Å². The lowest BCUT2D eigenvalue weighted by Gasteiger charge is -2.45. The molecule has 2 aromatic rings. The fraction of sp³-hybridized carbons (Fsp3) is 0.333. The number of aliphatic hydroxyl groups excluding tert-OH is 3. The first-order valence-corrected chi connectivity index (χ1v) is 14.3. The minimum absolute atomic E-state index is 0.0692. The summed E-state index contributed by atoms with van der Waals surface area (Å²) in [5.41, 5.74) is -4.06. The van der Waals surface area contributed by atoms with Crippen LogP contribution in [0.3, 0.4) is 0 Å². The van der Waals surface area contributed by atoms with Crippen molar-refractivity contribution in [3.05, 3.63) is 74.9 Å². The van der Waals surface area contributed by atoms with Crippen LogP contribution >= 0.6 is 0 Å². The molecule has 12 heteroatoms. The summed E-state index contributed by atoms with van der Waals surface area (Å²) in [4.78, 5) is 53.5. The maximum atomic E-state index is 14.6. The van der Waals surface area contributed by atoms with Gasteiger partial charge in [-0.3, -0.25) is 14.4 Å². The van der Waals surface area contributed by atoms with Crippen molar-refractivity contribution in [2.45, 2.75) is 56.8 Å². The Hall–Kier alpha value is -5.10. The number of carbonyl (C=O) groups excluding carboxylic acids is 4. The van der Waals surface area contributed by atoms with E-state index in [4.69, 9.17) is 14.2 Å². The van der Waals surface area contributed by atoms with Crippen molar-refractivity contribution in [3.8, 4) is 17.2 Å². The molecule has 5 atom stereocenters. The van der Waals surface area contributed by atoms with Gasteiger partial charge in [0.15, 0.2) is 11.6 Å². The number of fused-ring (bicyclic) bond motifs is 3. The van der Waals surface area contributed by atoms with Gasteiger partial charge in [-0.1, -0.05) is 23.8 Å². The summed E-state index contributed by atoms with van der Waals surface area (Å²) in [5.74, 6) is -6.93. The number of methoxy groups -OCH3 is 1. The molecule has 2 aromatic carbocycles. The minimum atomic E-state index is -2.50. The Morgan fingerprint density at radius 2 is 1.73 bits per heavy atom. The summed E-state index contributed by atoms with van der Waals surface area (Å²) >= 11 is 0. The number of allylic oxidation sites excluding steroid dienone is 1. The molecule has 12 nitrogen and oxygen atoms in total. The van der Waals surface area contributed by atoms with Crippen molar-refractivity contribution in [3.63, 3.8) is 0 Å². The number of phenols is 2. The minimum Gasteiger partial charge on any atom is -0.507 e. The molecule has 232 valence electrons. The smallest absolute Gasteiger partial charge is 0.358 e. The van der Waals surface area contributed by atoms with E-state index in [2.05, 4.69) is 0 Å². The van der Waals surface area contributed by atoms with Gasteiger partial charge in [-0.25, -0.2) is 4.79 Å². The molecule has 1 heterocycles. The number of rotatable bonds is 2. The number of benzene rings is 2. The Morgan fingerprint density at radius 3 is 2.42 bits per heavy atom. The summed E-state index contributed by atoms with van der Waals surface area (Å²) in [6.07, 6.45) is -1.70. The van der Waals surface area contributed by atoms with Crippen molar-refractivity contribution >= 4 is 35.0 Å². The summed E-state index contributed by atoms with van der Waals surface area (Å²) in [6.45, 7) is 2.84. The Labute approximate surface area is 255 Å². The van der Waals surface area contributed by atoms with Crippen LogP contribution in [-0.2, 0) is 35.1 Å². The second kappa shape index (κ2) is 9.21. The van der Waals surface area contributed by atoms with Crippen molar-refractivity contribution < 1.29 is 58.9 Å². The van der Waals surface area contributed by atoms with E-state index in [1.807, 2.05) is 0 Å². The summed E-state index contributed by atoms with van der Waals surface area (Å²) in [7, 11) is 1.03. The van der Waals surface area contributed by atoms with Gasteiger partial charge < -0.3 is 39.7 Å². The highest BCUT2D eigenvalue weighted by Crippen LogP contribution is 2.64. The molecule has 6 aliphatic rings. The molecule has 5 N–H and O–H groups in total. The van der Waals surface area contributed by atoms with E-state index in [1.54, 1.807) is 19.1 Å². The zero-order chi connectivity index (χ0) is 32.3. The number of aliphatic hydroxyl groups is 3. The third-order valence-electron chi connectivity index (χ3n) is 9.64. The second-order valence-corrected chi connectivity index (χ2v) is 12.1. The average Bonchev–Trinajstić information content (AvgIpc) is 3.17. The summed E-state index contributed by atoms with van der Waals surface area (Å²) < 4.78 is 17.0. The van der Waals surface area contributed by atoms with E-state index in [9.17, 15) is 44.7 Å². The zero-order valence-corrected chi connectivity index (χ0v) is 24.3. The van der Waals surface area contributed by atoms with Crippen LogP contribution in [0.25, 0.3) is 11.5 Å². The quantitative estimate of drug-likeness (QED) is 0.245. The molecule has 2 bridgehead atoms. The number of carbonyl (C=O) groups is 4. The van der Waals surface area contributed by atoms with Gasteiger partial charge in [0.05, 0.1) is 35.2 Å². The number of esters is 2. The largest absolute Gasteiger partial charge is 0.507 e. The highest BCUT2D eigenvalue weighted by Gasteiger charge is 2.63. The van der Waals surface area contributed by atoms with Gasteiger partial charge >= 0.3 is 11.9 Å². The number of Topliss-reactive ketones (excluding diaryl/α,β-unsaturated/α-hetero) is 2. The van der Waals surface area contributed by atoms with E-state index in [-0.39, 0.29) is 64.2 Å². The van der Waals surface area contributed by atoms with E-state index in [0.29, 0.717) is 5.57 Å². The number of hydrogen-bond donors (Lipinski definition) is 5. The van der Waals surface area contributed by atoms with Crippen molar-refractivity contribution in [1.29, 1.82) is 0 Å². The molecule has 5 unspecified atom stereocenters. The van der Waals surface area contributed by atoms with Gasteiger partial charge in [-0.15, -0.1) is 0 Å². The monoisotopic (exact) mass is 616 g/mol. The highest BCUT2D eigenvalue weighted by molar-refractivity contribution is 6.14. The molecule has 1 fully saturated rings. The fourth-order valence-corrected chi connectivity index (χ4v) is 7.99. The van der Waals surface area contributed by atoms with Crippen LogP contribution in [0.4, 0.5) is 0 Å². The van der Waals surface area contributed by atoms with Crippen LogP contribution in [-0.4, -0.2) is 67.9 Å². The van der Waals surface area contributed by atoms with Gasteiger partial charge in [0.1, 0.15) is 46.5 Å². The fourth-order valence-electron chi connectivity index (χ4n) is 7.99. The number of ether oxygens (including phenoxy) is 3. The molecule has 0 aromatic heterocycles.